The van der Waals surface area contributed by atoms with Crippen LogP contribution in [0.1, 0.15) is 25.7 Å². The van der Waals surface area contributed by atoms with Crippen LogP contribution in [0.3, 0.4) is 0 Å². The molecule has 3 atom stereocenters. The largest absolute Gasteiger partial charge is 0.344 e. The van der Waals surface area contributed by atoms with Crippen molar-refractivity contribution in [3.05, 3.63) is 30.3 Å². The van der Waals surface area contributed by atoms with Gasteiger partial charge in [-0.25, -0.2) is 8.42 Å². The minimum absolute atomic E-state index is 0.0158. The summed E-state index contributed by atoms with van der Waals surface area (Å²) in [7, 11) is -1.65. The molecule has 7 heteroatoms. The molecule has 1 heterocycles. The lowest BCUT2D eigenvalue weighted by atomic mass is 9.97. The fourth-order valence-electron chi connectivity index (χ4n) is 3.71. The summed E-state index contributed by atoms with van der Waals surface area (Å²) >= 11 is 0. The van der Waals surface area contributed by atoms with Gasteiger partial charge in [0.05, 0.1) is 10.6 Å². The highest BCUT2D eigenvalue weighted by Gasteiger charge is 2.39. The number of amides is 1. The average Bonchev–Trinajstić information content (AvgIpc) is 3.18. The van der Waals surface area contributed by atoms with E-state index in [0.29, 0.717) is 18.5 Å². The van der Waals surface area contributed by atoms with E-state index >= 15 is 0 Å². The Morgan fingerprint density at radius 1 is 1.21 bits per heavy atom. The fourth-order valence-corrected chi connectivity index (χ4v) is 4.96. The van der Waals surface area contributed by atoms with Crippen molar-refractivity contribution in [2.24, 2.45) is 5.92 Å². The first-order valence-corrected chi connectivity index (χ1v) is 10.2. The van der Waals surface area contributed by atoms with Gasteiger partial charge in [0.1, 0.15) is 0 Å². The van der Waals surface area contributed by atoms with E-state index in [9.17, 15) is 13.2 Å². The fraction of sp³-hybridized carbons (Fsp3) is 0.588. The maximum atomic E-state index is 12.3. The highest BCUT2D eigenvalue weighted by molar-refractivity contribution is 7.91. The Kier molecular flexibility index (Phi) is 5.22. The second-order valence-corrected chi connectivity index (χ2v) is 8.86. The molecule has 2 fully saturated rings. The number of nitrogens with one attached hydrogen (secondary N) is 2. The SMILES string of the molecule is CN(CC1NNC2CCCC21)C(=O)CCS(=O)(=O)c1ccccc1. The molecular formula is C17H25N3O3S. The number of benzene rings is 1. The van der Waals surface area contributed by atoms with Crippen LogP contribution < -0.4 is 10.9 Å². The van der Waals surface area contributed by atoms with Crippen LogP contribution in [0.25, 0.3) is 0 Å². The van der Waals surface area contributed by atoms with E-state index in [1.165, 1.54) is 19.3 Å². The zero-order valence-electron chi connectivity index (χ0n) is 13.9. The lowest BCUT2D eigenvalue weighted by molar-refractivity contribution is -0.129. The van der Waals surface area contributed by atoms with Crippen LogP contribution in [-0.2, 0) is 14.6 Å². The molecule has 2 N–H and O–H groups in total. The average molecular weight is 351 g/mol. The topological polar surface area (TPSA) is 78.5 Å². The van der Waals surface area contributed by atoms with Crippen molar-refractivity contribution in [1.82, 2.24) is 15.8 Å². The zero-order valence-corrected chi connectivity index (χ0v) is 14.8. The molecule has 1 saturated heterocycles. The van der Waals surface area contributed by atoms with Gasteiger partial charge in [0.2, 0.25) is 5.91 Å². The van der Waals surface area contributed by atoms with Crippen LogP contribution in [0.15, 0.2) is 35.2 Å². The highest BCUT2D eigenvalue weighted by atomic mass is 32.2. The molecule has 0 spiro atoms. The maximum absolute atomic E-state index is 12.3. The number of rotatable bonds is 6. The number of fused-ring (bicyclic) bond motifs is 1. The summed E-state index contributed by atoms with van der Waals surface area (Å²) in [5.74, 6) is 0.286. The van der Waals surface area contributed by atoms with Gasteiger partial charge in [-0.05, 0) is 30.9 Å². The maximum Gasteiger partial charge on any atom is 0.223 e. The number of carbonyl (C=O) groups is 1. The summed E-state index contributed by atoms with van der Waals surface area (Å²) in [6.45, 7) is 0.610. The molecule has 1 amide bonds. The van der Waals surface area contributed by atoms with Crippen LogP contribution in [0.5, 0.6) is 0 Å². The summed E-state index contributed by atoms with van der Waals surface area (Å²) < 4.78 is 24.5. The van der Waals surface area contributed by atoms with E-state index in [1.807, 2.05) is 0 Å². The Morgan fingerprint density at radius 3 is 2.71 bits per heavy atom. The van der Waals surface area contributed by atoms with Crippen molar-refractivity contribution in [3.63, 3.8) is 0 Å². The number of hydrogen-bond donors (Lipinski definition) is 2. The Morgan fingerprint density at radius 2 is 1.96 bits per heavy atom. The van der Waals surface area contributed by atoms with Crippen molar-refractivity contribution in [1.29, 1.82) is 0 Å². The quantitative estimate of drug-likeness (QED) is 0.798. The highest BCUT2D eigenvalue weighted by Crippen LogP contribution is 2.31. The third-order valence-electron chi connectivity index (χ3n) is 5.12. The van der Waals surface area contributed by atoms with E-state index in [1.54, 1.807) is 42.3 Å². The van der Waals surface area contributed by atoms with Gasteiger partial charge in [-0.15, -0.1) is 0 Å². The zero-order chi connectivity index (χ0) is 17.2. The molecule has 2 aliphatic rings. The van der Waals surface area contributed by atoms with Crippen molar-refractivity contribution >= 4 is 15.7 Å². The predicted molar refractivity (Wildman–Crippen MR) is 91.9 cm³/mol. The monoisotopic (exact) mass is 351 g/mol. The second kappa shape index (κ2) is 7.21. The van der Waals surface area contributed by atoms with Gasteiger partial charge in [-0.2, -0.15) is 0 Å². The van der Waals surface area contributed by atoms with Gasteiger partial charge < -0.3 is 4.90 Å². The van der Waals surface area contributed by atoms with E-state index in [-0.39, 0.29) is 29.0 Å². The molecule has 1 aliphatic carbocycles. The number of likely N-dealkylation sites (N-methyl/N-ethyl adjacent to an activating group) is 1. The third-order valence-corrected chi connectivity index (χ3v) is 6.86. The summed E-state index contributed by atoms with van der Waals surface area (Å²) in [5.41, 5.74) is 6.59. The standard InChI is InChI=1S/C17H25N3O3S/c1-20(12-16-14-8-5-9-15(14)18-19-16)17(21)10-11-24(22,23)13-6-3-2-4-7-13/h2-4,6-7,14-16,18-19H,5,8-12H2,1H3. The molecule has 3 rings (SSSR count). The van der Waals surface area contributed by atoms with Gasteiger partial charge in [0.15, 0.2) is 9.84 Å². The molecule has 0 radical (unpaired) electrons. The van der Waals surface area contributed by atoms with Crippen LogP contribution in [0.4, 0.5) is 0 Å². The molecule has 1 aliphatic heterocycles. The molecule has 132 valence electrons. The number of carbonyl (C=O) groups excluding carboxylic acids is 1. The van der Waals surface area contributed by atoms with E-state index in [0.717, 1.165) is 0 Å². The predicted octanol–water partition coefficient (Wildman–Crippen LogP) is 0.954. The second-order valence-electron chi connectivity index (χ2n) is 6.75. The van der Waals surface area contributed by atoms with Crippen molar-refractivity contribution < 1.29 is 13.2 Å². The Bertz CT molecular complexity index is 678. The first-order chi connectivity index (χ1) is 11.5. The minimum Gasteiger partial charge on any atom is -0.344 e. The van der Waals surface area contributed by atoms with E-state index in [4.69, 9.17) is 0 Å². The molecule has 0 bridgehead atoms. The molecule has 3 unspecified atom stereocenters. The van der Waals surface area contributed by atoms with E-state index < -0.39 is 9.84 Å². The molecule has 24 heavy (non-hydrogen) atoms. The van der Waals surface area contributed by atoms with Gasteiger partial charge in [-0.3, -0.25) is 15.6 Å². The van der Waals surface area contributed by atoms with E-state index in [2.05, 4.69) is 10.9 Å². The first-order valence-electron chi connectivity index (χ1n) is 8.50. The number of nitrogens with zero attached hydrogens (tertiary/aromatic N) is 1. The van der Waals surface area contributed by atoms with Crippen LogP contribution in [0, 0.1) is 5.92 Å². The number of sulfone groups is 1. The molecule has 6 nitrogen and oxygen atoms in total. The number of hydrogen-bond acceptors (Lipinski definition) is 5. The molecule has 0 aromatic heterocycles. The Hall–Kier alpha value is -1.44. The van der Waals surface area contributed by atoms with Crippen molar-refractivity contribution in [2.75, 3.05) is 19.3 Å². The van der Waals surface area contributed by atoms with Crippen molar-refractivity contribution in [3.8, 4) is 0 Å². The molecular weight excluding hydrogens is 326 g/mol. The lowest BCUT2D eigenvalue weighted by Crippen LogP contribution is -2.43. The smallest absolute Gasteiger partial charge is 0.223 e. The van der Waals surface area contributed by atoms with Crippen LogP contribution >= 0.6 is 0 Å². The number of hydrazine groups is 1. The normalized spacial score (nSPS) is 26.3. The van der Waals surface area contributed by atoms with Crippen LogP contribution in [-0.4, -0.2) is 50.7 Å². The summed E-state index contributed by atoms with van der Waals surface area (Å²) in [4.78, 5) is 14.2. The Labute approximate surface area is 143 Å². The first kappa shape index (κ1) is 17.4. The summed E-state index contributed by atoms with van der Waals surface area (Å²) in [5, 5.41) is 0. The van der Waals surface area contributed by atoms with Gasteiger partial charge in [0, 0.05) is 32.1 Å². The Balaban J connectivity index is 1.51. The molecule has 1 aromatic rings. The minimum atomic E-state index is -3.41. The van der Waals surface area contributed by atoms with Gasteiger partial charge in [0.25, 0.3) is 0 Å². The third kappa shape index (κ3) is 3.79. The summed E-state index contributed by atoms with van der Waals surface area (Å²) in [6.07, 6.45) is 3.61. The molecule has 1 saturated carbocycles. The lowest BCUT2D eigenvalue weighted by Gasteiger charge is -2.24. The van der Waals surface area contributed by atoms with Gasteiger partial charge >= 0.3 is 0 Å². The van der Waals surface area contributed by atoms with Crippen molar-refractivity contribution in [2.45, 2.75) is 42.7 Å². The van der Waals surface area contributed by atoms with Crippen LogP contribution in [0.2, 0.25) is 0 Å². The van der Waals surface area contributed by atoms with Gasteiger partial charge in [-0.1, -0.05) is 24.6 Å². The summed E-state index contributed by atoms with van der Waals surface area (Å²) in [6, 6.07) is 9.05. The molecule has 1 aromatic carbocycles.